The van der Waals surface area contributed by atoms with Crippen LogP contribution >= 0.6 is 0 Å². The van der Waals surface area contributed by atoms with E-state index in [0.29, 0.717) is 12.6 Å². The average molecular weight is 339 g/mol. The Balaban J connectivity index is 1.54. The Labute approximate surface area is 148 Å². The summed E-state index contributed by atoms with van der Waals surface area (Å²) in [4.78, 5) is 13.8. The highest BCUT2D eigenvalue weighted by molar-refractivity contribution is 5.51. The molecule has 0 spiro atoms. The maximum Gasteiger partial charge on any atom is 0.133 e. The van der Waals surface area contributed by atoms with Gasteiger partial charge in [-0.2, -0.15) is 0 Å². The standard InChI is InChI=1S/C19H25N5O/c1-23-7-8-24(2)15(11-23)10-20-19-16-9-14-5-3-4-6-18(14)25-12-17(16)21-13-22-19/h3-6,13,15H,7-12H2,1-2H3,(H,20,21,22). The summed E-state index contributed by atoms with van der Waals surface area (Å²) in [6.07, 6.45) is 2.44. The molecule has 25 heavy (non-hydrogen) atoms. The summed E-state index contributed by atoms with van der Waals surface area (Å²) < 4.78 is 5.92. The number of nitrogens with zero attached hydrogens (tertiary/aromatic N) is 4. The van der Waals surface area contributed by atoms with E-state index in [1.807, 2.05) is 12.1 Å². The number of rotatable bonds is 3. The number of likely N-dealkylation sites (N-methyl/N-ethyl adjacent to an activating group) is 2. The van der Waals surface area contributed by atoms with Gasteiger partial charge in [0.2, 0.25) is 0 Å². The third-order valence-corrected chi connectivity index (χ3v) is 5.22. The molecule has 0 aliphatic carbocycles. The van der Waals surface area contributed by atoms with Crippen LogP contribution in [-0.2, 0) is 13.0 Å². The van der Waals surface area contributed by atoms with Crippen LogP contribution in [0.2, 0.25) is 0 Å². The highest BCUT2D eigenvalue weighted by atomic mass is 16.5. The van der Waals surface area contributed by atoms with E-state index in [2.05, 4.69) is 51.3 Å². The molecule has 3 heterocycles. The maximum absolute atomic E-state index is 5.92. The highest BCUT2D eigenvalue weighted by Gasteiger charge is 2.23. The molecule has 1 N–H and O–H groups in total. The second-order valence-corrected chi connectivity index (χ2v) is 7.00. The first-order valence-electron chi connectivity index (χ1n) is 8.87. The molecule has 4 rings (SSSR count). The largest absolute Gasteiger partial charge is 0.487 e. The lowest BCUT2D eigenvalue weighted by Gasteiger charge is -2.37. The molecule has 1 atom stereocenters. The topological polar surface area (TPSA) is 53.5 Å². The molecule has 132 valence electrons. The number of nitrogens with one attached hydrogen (secondary N) is 1. The molecule has 0 saturated carbocycles. The van der Waals surface area contributed by atoms with Crippen molar-refractivity contribution in [3.05, 3.63) is 47.4 Å². The van der Waals surface area contributed by atoms with Crippen molar-refractivity contribution in [2.75, 3.05) is 45.6 Å². The third kappa shape index (κ3) is 3.45. The lowest BCUT2D eigenvalue weighted by atomic mass is 10.0. The molecule has 6 heteroatoms. The normalized spacial score (nSPS) is 21.0. The number of benzene rings is 1. The van der Waals surface area contributed by atoms with Gasteiger partial charge in [0, 0.05) is 44.2 Å². The first kappa shape index (κ1) is 16.3. The van der Waals surface area contributed by atoms with E-state index in [1.54, 1.807) is 6.33 Å². The minimum Gasteiger partial charge on any atom is -0.487 e. The summed E-state index contributed by atoms with van der Waals surface area (Å²) >= 11 is 0. The van der Waals surface area contributed by atoms with E-state index >= 15 is 0 Å². The quantitative estimate of drug-likeness (QED) is 0.917. The Bertz CT molecular complexity index is 750. The predicted octanol–water partition coefficient (Wildman–Crippen LogP) is 1.62. The van der Waals surface area contributed by atoms with Gasteiger partial charge in [-0.25, -0.2) is 9.97 Å². The molecule has 1 aromatic carbocycles. The van der Waals surface area contributed by atoms with Crippen molar-refractivity contribution in [1.82, 2.24) is 19.8 Å². The first-order chi connectivity index (χ1) is 12.2. The van der Waals surface area contributed by atoms with Crippen LogP contribution in [0.15, 0.2) is 30.6 Å². The van der Waals surface area contributed by atoms with Crippen molar-refractivity contribution in [3.63, 3.8) is 0 Å². The number of ether oxygens (including phenoxy) is 1. The fourth-order valence-electron chi connectivity index (χ4n) is 3.57. The molecular formula is C19H25N5O. The second-order valence-electron chi connectivity index (χ2n) is 7.00. The fourth-order valence-corrected chi connectivity index (χ4v) is 3.57. The Morgan fingerprint density at radius 3 is 3.00 bits per heavy atom. The number of hydrogen-bond acceptors (Lipinski definition) is 6. The van der Waals surface area contributed by atoms with Crippen molar-refractivity contribution < 1.29 is 4.74 Å². The Kier molecular flexibility index (Phi) is 4.55. The minimum atomic E-state index is 0.485. The number of para-hydroxylation sites is 1. The summed E-state index contributed by atoms with van der Waals surface area (Å²) in [5, 5.41) is 3.58. The maximum atomic E-state index is 5.92. The molecule has 2 aromatic rings. The van der Waals surface area contributed by atoms with E-state index in [-0.39, 0.29) is 0 Å². The summed E-state index contributed by atoms with van der Waals surface area (Å²) in [6, 6.07) is 8.68. The van der Waals surface area contributed by atoms with Crippen molar-refractivity contribution in [1.29, 1.82) is 0 Å². The molecule has 0 amide bonds. The van der Waals surface area contributed by atoms with E-state index in [0.717, 1.165) is 55.4 Å². The van der Waals surface area contributed by atoms with Gasteiger partial charge >= 0.3 is 0 Å². The van der Waals surface area contributed by atoms with Crippen molar-refractivity contribution >= 4 is 5.82 Å². The number of aromatic nitrogens is 2. The molecule has 2 aliphatic rings. The molecule has 0 bridgehead atoms. The van der Waals surface area contributed by atoms with Gasteiger partial charge in [0.15, 0.2) is 0 Å². The van der Waals surface area contributed by atoms with E-state index < -0.39 is 0 Å². The van der Waals surface area contributed by atoms with Gasteiger partial charge in [-0.15, -0.1) is 0 Å². The predicted molar refractivity (Wildman–Crippen MR) is 98.0 cm³/mol. The molecule has 6 nitrogen and oxygen atoms in total. The van der Waals surface area contributed by atoms with Crippen molar-refractivity contribution in [2.24, 2.45) is 0 Å². The minimum absolute atomic E-state index is 0.485. The summed E-state index contributed by atoms with van der Waals surface area (Å²) in [6.45, 7) is 4.68. The van der Waals surface area contributed by atoms with Crippen LogP contribution in [0.4, 0.5) is 5.82 Å². The monoisotopic (exact) mass is 339 g/mol. The van der Waals surface area contributed by atoms with Gasteiger partial charge in [0.25, 0.3) is 0 Å². The number of piperazine rings is 1. The van der Waals surface area contributed by atoms with Crippen LogP contribution in [0.3, 0.4) is 0 Å². The number of fused-ring (bicyclic) bond motifs is 2. The fraction of sp³-hybridized carbons (Fsp3) is 0.474. The number of hydrogen-bond donors (Lipinski definition) is 1. The molecule has 1 fully saturated rings. The third-order valence-electron chi connectivity index (χ3n) is 5.22. The van der Waals surface area contributed by atoms with Gasteiger partial charge < -0.3 is 15.0 Å². The summed E-state index contributed by atoms with van der Waals surface area (Å²) in [5.41, 5.74) is 3.32. The molecule has 2 aliphatic heterocycles. The average Bonchev–Trinajstić information content (AvgIpc) is 2.82. The molecule has 1 unspecified atom stereocenters. The molecule has 0 radical (unpaired) electrons. The van der Waals surface area contributed by atoms with Gasteiger partial charge in [0.05, 0.1) is 5.69 Å². The van der Waals surface area contributed by atoms with Crippen LogP contribution in [-0.4, -0.2) is 66.1 Å². The van der Waals surface area contributed by atoms with Gasteiger partial charge in [-0.1, -0.05) is 18.2 Å². The Hall–Kier alpha value is -2.18. The second kappa shape index (κ2) is 6.98. The first-order valence-corrected chi connectivity index (χ1v) is 8.87. The van der Waals surface area contributed by atoms with E-state index in [4.69, 9.17) is 4.74 Å². The van der Waals surface area contributed by atoms with Crippen molar-refractivity contribution in [2.45, 2.75) is 19.1 Å². The van der Waals surface area contributed by atoms with Gasteiger partial charge in [-0.05, 0) is 25.7 Å². The Morgan fingerprint density at radius 2 is 2.08 bits per heavy atom. The zero-order valence-corrected chi connectivity index (χ0v) is 14.9. The van der Waals surface area contributed by atoms with Gasteiger partial charge in [-0.3, -0.25) is 4.90 Å². The highest BCUT2D eigenvalue weighted by Crippen LogP contribution is 2.30. The molecular weight excluding hydrogens is 314 g/mol. The SMILES string of the molecule is CN1CCN(C)C(CNc2ncnc3c2Cc2ccccc2OC3)C1. The number of anilines is 1. The van der Waals surface area contributed by atoms with Gasteiger partial charge in [0.1, 0.15) is 24.5 Å². The van der Waals surface area contributed by atoms with Crippen LogP contribution in [0.1, 0.15) is 16.8 Å². The van der Waals surface area contributed by atoms with E-state index in [9.17, 15) is 0 Å². The summed E-state index contributed by atoms with van der Waals surface area (Å²) in [5.74, 6) is 1.88. The lowest BCUT2D eigenvalue weighted by molar-refractivity contribution is 0.122. The smallest absolute Gasteiger partial charge is 0.133 e. The van der Waals surface area contributed by atoms with Crippen LogP contribution in [0.25, 0.3) is 0 Å². The summed E-state index contributed by atoms with van der Waals surface area (Å²) in [7, 11) is 4.38. The zero-order valence-electron chi connectivity index (χ0n) is 14.9. The van der Waals surface area contributed by atoms with Crippen LogP contribution in [0, 0.1) is 0 Å². The molecule has 1 aromatic heterocycles. The Morgan fingerprint density at radius 1 is 1.20 bits per heavy atom. The van der Waals surface area contributed by atoms with Crippen LogP contribution in [0.5, 0.6) is 5.75 Å². The van der Waals surface area contributed by atoms with Crippen LogP contribution < -0.4 is 10.1 Å². The molecule has 1 saturated heterocycles. The van der Waals surface area contributed by atoms with Crippen molar-refractivity contribution in [3.8, 4) is 5.75 Å². The lowest BCUT2D eigenvalue weighted by Crippen LogP contribution is -2.52. The van der Waals surface area contributed by atoms with E-state index in [1.165, 1.54) is 5.56 Å². The zero-order chi connectivity index (χ0) is 17.2.